The maximum atomic E-state index is 12.6. The molecule has 1 amide bonds. The molecule has 0 radical (unpaired) electrons. The highest BCUT2D eigenvalue weighted by Gasteiger charge is 2.20. The predicted octanol–water partition coefficient (Wildman–Crippen LogP) is 3.20. The van der Waals surface area contributed by atoms with Crippen LogP contribution in [0.5, 0.6) is 0 Å². The van der Waals surface area contributed by atoms with Crippen molar-refractivity contribution in [2.75, 3.05) is 0 Å². The van der Waals surface area contributed by atoms with Gasteiger partial charge in [-0.15, -0.1) is 0 Å². The van der Waals surface area contributed by atoms with E-state index in [4.69, 9.17) is 5.14 Å². The number of imidazole rings is 1. The summed E-state index contributed by atoms with van der Waals surface area (Å²) in [6, 6.07) is 12.7. The summed E-state index contributed by atoms with van der Waals surface area (Å²) in [5.74, 6) is -0.0825. The van der Waals surface area contributed by atoms with Gasteiger partial charge in [0.1, 0.15) is 0 Å². The maximum absolute atomic E-state index is 12.6. The molecule has 0 aliphatic rings. The van der Waals surface area contributed by atoms with Crippen LogP contribution in [-0.2, 0) is 27.9 Å². The van der Waals surface area contributed by atoms with Crippen LogP contribution in [0.2, 0.25) is 0 Å². The average Bonchev–Trinajstić information content (AvgIpc) is 3.03. The normalized spacial score (nSPS) is 12.8. The van der Waals surface area contributed by atoms with Gasteiger partial charge in [-0.2, -0.15) is 0 Å². The number of primary sulfonamides is 1. The average molecular weight is 447 g/mol. The van der Waals surface area contributed by atoms with E-state index in [1.807, 2.05) is 42.7 Å². The van der Waals surface area contributed by atoms with Crippen LogP contribution in [-0.4, -0.2) is 29.1 Å². The first-order chi connectivity index (χ1) is 14.2. The van der Waals surface area contributed by atoms with E-state index >= 15 is 0 Å². The van der Waals surface area contributed by atoms with Crippen LogP contribution in [0.4, 0.5) is 0 Å². The first-order valence-corrected chi connectivity index (χ1v) is 12.1. The molecule has 2 aromatic carbocycles. The Bertz CT molecular complexity index is 1150. The van der Waals surface area contributed by atoms with E-state index in [0.717, 1.165) is 17.5 Å². The van der Waals surface area contributed by atoms with Crippen molar-refractivity contribution in [3.63, 3.8) is 0 Å². The third kappa shape index (κ3) is 5.21. The van der Waals surface area contributed by atoms with Crippen molar-refractivity contribution >= 4 is 38.7 Å². The molecule has 0 bridgehead atoms. The third-order valence-corrected chi connectivity index (χ3v) is 6.70. The van der Waals surface area contributed by atoms with Crippen LogP contribution in [0.15, 0.2) is 52.5 Å². The fourth-order valence-corrected chi connectivity index (χ4v) is 4.55. The Labute approximate surface area is 181 Å². The number of nitrogens with one attached hydrogen (secondary N) is 1. The maximum Gasteiger partial charge on any atom is 0.238 e. The molecule has 3 N–H and O–H groups in total. The fraction of sp³-hybridized carbons (Fsp3) is 0.333. The molecular weight excluding hydrogens is 420 g/mol. The van der Waals surface area contributed by atoms with E-state index in [0.29, 0.717) is 23.8 Å². The highest BCUT2D eigenvalue weighted by Crippen LogP contribution is 2.29. The molecule has 0 aliphatic carbocycles. The van der Waals surface area contributed by atoms with Gasteiger partial charge in [0.25, 0.3) is 0 Å². The number of benzene rings is 2. The van der Waals surface area contributed by atoms with Crippen molar-refractivity contribution in [2.24, 2.45) is 5.14 Å². The van der Waals surface area contributed by atoms with Crippen LogP contribution in [0.1, 0.15) is 31.4 Å². The lowest BCUT2D eigenvalue weighted by Gasteiger charge is -2.13. The minimum atomic E-state index is -3.80. The molecule has 0 aliphatic heterocycles. The van der Waals surface area contributed by atoms with Crippen molar-refractivity contribution in [3.05, 3.63) is 53.6 Å². The molecule has 0 saturated carbocycles. The molecule has 0 saturated heterocycles. The van der Waals surface area contributed by atoms with Gasteiger partial charge in [-0.25, -0.2) is 18.5 Å². The highest BCUT2D eigenvalue weighted by molar-refractivity contribution is 8.00. The number of nitrogens with zero attached hydrogens (tertiary/aromatic N) is 2. The molecule has 9 heteroatoms. The summed E-state index contributed by atoms with van der Waals surface area (Å²) in [6.45, 7) is 7.09. The smallest absolute Gasteiger partial charge is 0.238 e. The number of hydrogen-bond acceptors (Lipinski definition) is 5. The van der Waals surface area contributed by atoms with E-state index in [1.165, 1.54) is 29.5 Å². The molecule has 3 rings (SSSR count). The number of amides is 1. The van der Waals surface area contributed by atoms with E-state index in [9.17, 15) is 13.2 Å². The molecule has 160 valence electrons. The predicted molar refractivity (Wildman–Crippen MR) is 120 cm³/mol. The Hall–Kier alpha value is -2.36. The van der Waals surface area contributed by atoms with Gasteiger partial charge in [0, 0.05) is 13.1 Å². The lowest BCUT2D eigenvalue weighted by atomic mass is 10.1. The second-order valence-corrected chi connectivity index (χ2v) is 10.1. The van der Waals surface area contributed by atoms with Crippen molar-refractivity contribution in [2.45, 2.75) is 55.6 Å². The van der Waals surface area contributed by atoms with E-state index < -0.39 is 10.0 Å². The summed E-state index contributed by atoms with van der Waals surface area (Å²) < 4.78 is 25.3. The number of thioether (sulfide) groups is 1. The number of aryl methyl sites for hydroxylation is 2. The largest absolute Gasteiger partial charge is 0.351 e. The van der Waals surface area contributed by atoms with Crippen LogP contribution in [0.25, 0.3) is 11.0 Å². The van der Waals surface area contributed by atoms with Gasteiger partial charge in [0.05, 0.1) is 21.2 Å². The van der Waals surface area contributed by atoms with Crippen molar-refractivity contribution in [1.82, 2.24) is 14.9 Å². The van der Waals surface area contributed by atoms with Crippen molar-refractivity contribution in [1.29, 1.82) is 0 Å². The first-order valence-electron chi connectivity index (χ1n) is 9.72. The zero-order valence-corrected chi connectivity index (χ0v) is 18.9. The zero-order valence-electron chi connectivity index (χ0n) is 17.3. The molecule has 3 aromatic rings. The summed E-state index contributed by atoms with van der Waals surface area (Å²) in [7, 11) is -3.80. The standard InChI is InChI=1S/C21H26N4O3S2/c1-4-11-25-19-10-9-17(30(22,27)28)12-18(19)24-21(25)29-15(3)20(26)23-13-16-7-5-14(2)6-8-16/h5-10,12,15H,4,11,13H2,1-3H3,(H,23,26)(H2,22,27,28). The number of sulfonamides is 1. The number of aromatic nitrogens is 2. The van der Waals surface area contributed by atoms with E-state index in [1.54, 1.807) is 6.07 Å². The number of carbonyl (C=O) groups is 1. The first kappa shape index (κ1) is 22.3. The quantitative estimate of drug-likeness (QED) is 0.517. The van der Waals surface area contributed by atoms with Crippen LogP contribution >= 0.6 is 11.8 Å². The third-order valence-electron chi connectivity index (χ3n) is 4.70. The zero-order chi connectivity index (χ0) is 21.9. The SMILES string of the molecule is CCCn1c(SC(C)C(=O)NCc2ccc(C)cc2)nc2cc(S(N)(=O)=O)ccc21. The van der Waals surface area contributed by atoms with Gasteiger partial charge < -0.3 is 9.88 Å². The Morgan fingerprint density at radius 1 is 1.23 bits per heavy atom. The molecule has 1 aromatic heterocycles. The molecule has 30 heavy (non-hydrogen) atoms. The molecule has 0 spiro atoms. The summed E-state index contributed by atoms with van der Waals surface area (Å²) in [5, 5.41) is 8.52. The lowest BCUT2D eigenvalue weighted by molar-refractivity contribution is -0.120. The highest BCUT2D eigenvalue weighted by atomic mass is 32.2. The van der Waals surface area contributed by atoms with Gasteiger partial charge in [-0.05, 0) is 44.0 Å². The van der Waals surface area contributed by atoms with Gasteiger partial charge in [-0.1, -0.05) is 48.5 Å². The van der Waals surface area contributed by atoms with Crippen LogP contribution in [0, 0.1) is 6.92 Å². The molecule has 7 nitrogen and oxygen atoms in total. The number of fused-ring (bicyclic) bond motifs is 1. The summed E-state index contributed by atoms with van der Waals surface area (Å²) in [5.41, 5.74) is 3.58. The van der Waals surface area contributed by atoms with Crippen LogP contribution in [0.3, 0.4) is 0 Å². The van der Waals surface area contributed by atoms with Crippen molar-refractivity contribution in [3.8, 4) is 0 Å². The summed E-state index contributed by atoms with van der Waals surface area (Å²) >= 11 is 1.35. The fourth-order valence-electron chi connectivity index (χ4n) is 3.04. The second-order valence-electron chi connectivity index (χ2n) is 7.21. The number of rotatable bonds is 8. The Morgan fingerprint density at radius 2 is 1.93 bits per heavy atom. The molecule has 1 atom stereocenters. The Balaban J connectivity index is 1.78. The number of nitrogens with two attached hydrogens (primary N) is 1. The van der Waals surface area contributed by atoms with E-state index in [2.05, 4.69) is 17.2 Å². The van der Waals surface area contributed by atoms with Gasteiger partial charge in [0.2, 0.25) is 15.9 Å². The van der Waals surface area contributed by atoms with Gasteiger partial charge in [-0.3, -0.25) is 4.79 Å². The van der Waals surface area contributed by atoms with E-state index in [-0.39, 0.29) is 16.1 Å². The number of carbonyl (C=O) groups excluding carboxylic acids is 1. The topological polar surface area (TPSA) is 107 Å². The van der Waals surface area contributed by atoms with Crippen molar-refractivity contribution < 1.29 is 13.2 Å². The van der Waals surface area contributed by atoms with Gasteiger partial charge in [0.15, 0.2) is 5.16 Å². The molecule has 1 unspecified atom stereocenters. The molecule has 1 heterocycles. The monoisotopic (exact) mass is 446 g/mol. The Kier molecular flexibility index (Phi) is 6.84. The lowest BCUT2D eigenvalue weighted by Crippen LogP contribution is -2.30. The molecular formula is C21H26N4O3S2. The summed E-state index contributed by atoms with van der Waals surface area (Å²) in [4.78, 5) is 17.2. The second kappa shape index (κ2) is 9.20. The van der Waals surface area contributed by atoms with Gasteiger partial charge >= 0.3 is 0 Å². The van der Waals surface area contributed by atoms with Crippen LogP contribution < -0.4 is 10.5 Å². The minimum Gasteiger partial charge on any atom is -0.351 e. The number of hydrogen-bond donors (Lipinski definition) is 2. The Morgan fingerprint density at radius 3 is 2.57 bits per heavy atom. The molecule has 0 fully saturated rings. The minimum absolute atomic E-state index is 0.0246. The summed E-state index contributed by atoms with van der Waals surface area (Å²) in [6.07, 6.45) is 0.879.